The van der Waals surface area contributed by atoms with Gasteiger partial charge < -0.3 is 15.4 Å². The highest BCUT2D eigenvalue weighted by Crippen LogP contribution is 2.29. The number of fused-ring (bicyclic) bond motifs is 1. The van der Waals surface area contributed by atoms with E-state index in [9.17, 15) is 8.42 Å². The number of rotatable bonds is 9. The summed E-state index contributed by atoms with van der Waals surface area (Å²) >= 11 is 0. The molecule has 0 aliphatic carbocycles. The molecule has 0 amide bonds. The first kappa shape index (κ1) is 22.0. The van der Waals surface area contributed by atoms with Crippen LogP contribution in [-0.4, -0.2) is 53.4 Å². The molecule has 2 aromatic rings. The molecule has 0 radical (unpaired) electrons. The number of benzene rings is 2. The molecule has 2 aromatic carbocycles. The number of para-hydroxylation sites is 1. The van der Waals surface area contributed by atoms with Crippen LogP contribution in [-0.2, 0) is 22.9 Å². The maximum Gasteiger partial charge on any atom is 0.237 e. The molecule has 0 saturated heterocycles. The summed E-state index contributed by atoms with van der Waals surface area (Å²) < 4.78 is 32.3. The van der Waals surface area contributed by atoms with E-state index in [0.29, 0.717) is 25.6 Å². The van der Waals surface area contributed by atoms with Crippen molar-refractivity contribution in [2.45, 2.75) is 19.8 Å². The maximum absolute atomic E-state index is 12.8. The monoisotopic (exact) mass is 430 g/mol. The largest absolute Gasteiger partial charge is 0.497 e. The zero-order valence-corrected chi connectivity index (χ0v) is 18.4. The molecule has 0 saturated carbocycles. The lowest BCUT2D eigenvalue weighted by Crippen LogP contribution is -2.39. The van der Waals surface area contributed by atoms with Crippen LogP contribution in [0.4, 0.5) is 5.69 Å². The van der Waals surface area contributed by atoms with Gasteiger partial charge in [0.05, 0.1) is 25.1 Å². The molecule has 0 unspecified atom stereocenters. The van der Waals surface area contributed by atoms with Crippen LogP contribution in [0.1, 0.15) is 18.1 Å². The quantitative estimate of drug-likeness (QED) is 0.471. The van der Waals surface area contributed by atoms with Crippen molar-refractivity contribution < 1.29 is 13.2 Å². The molecule has 0 bridgehead atoms. The van der Waals surface area contributed by atoms with Crippen molar-refractivity contribution in [3.05, 3.63) is 59.7 Å². The Morgan fingerprint density at radius 2 is 1.90 bits per heavy atom. The van der Waals surface area contributed by atoms with E-state index in [1.165, 1.54) is 9.87 Å². The van der Waals surface area contributed by atoms with Crippen molar-refractivity contribution in [1.29, 1.82) is 0 Å². The number of sulfonamides is 1. The first-order valence-electron chi connectivity index (χ1n) is 10.3. The van der Waals surface area contributed by atoms with Crippen LogP contribution < -0.4 is 19.7 Å². The second-order valence-electron chi connectivity index (χ2n) is 7.05. The van der Waals surface area contributed by atoms with E-state index in [0.717, 1.165) is 29.8 Å². The van der Waals surface area contributed by atoms with Crippen molar-refractivity contribution in [2.24, 2.45) is 4.99 Å². The van der Waals surface area contributed by atoms with Crippen molar-refractivity contribution in [3.63, 3.8) is 0 Å². The molecular weight excluding hydrogens is 400 g/mol. The van der Waals surface area contributed by atoms with Gasteiger partial charge in [-0.1, -0.05) is 30.3 Å². The third-order valence-corrected chi connectivity index (χ3v) is 6.76. The highest BCUT2D eigenvalue weighted by atomic mass is 32.2. The minimum Gasteiger partial charge on any atom is -0.497 e. The van der Waals surface area contributed by atoms with Gasteiger partial charge in [-0.05, 0) is 49.1 Å². The summed E-state index contributed by atoms with van der Waals surface area (Å²) in [6, 6.07) is 15.6. The van der Waals surface area contributed by atoms with E-state index in [2.05, 4.69) is 15.6 Å². The van der Waals surface area contributed by atoms with Gasteiger partial charge in [-0.15, -0.1) is 0 Å². The predicted octanol–water partition coefficient (Wildman–Crippen LogP) is 2.19. The Hall–Kier alpha value is -2.74. The normalized spacial score (nSPS) is 13.8. The Morgan fingerprint density at radius 1 is 1.13 bits per heavy atom. The van der Waals surface area contributed by atoms with Gasteiger partial charge in [-0.25, -0.2) is 8.42 Å². The minimum atomic E-state index is -3.40. The van der Waals surface area contributed by atoms with Crippen molar-refractivity contribution in [2.75, 3.05) is 43.3 Å². The van der Waals surface area contributed by atoms with E-state index in [4.69, 9.17) is 4.74 Å². The van der Waals surface area contributed by atoms with E-state index < -0.39 is 10.0 Å². The summed E-state index contributed by atoms with van der Waals surface area (Å²) in [6.45, 7) is 4.11. The summed E-state index contributed by atoms with van der Waals surface area (Å²) in [4.78, 5) is 4.45. The molecule has 30 heavy (non-hydrogen) atoms. The lowest BCUT2D eigenvalue weighted by atomic mass is 10.1. The van der Waals surface area contributed by atoms with Gasteiger partial charge in [0.15, 0.2) is 5.96 Å². The first-order valence-corrected chi connectivity index (χ1v) is 11.9. The van der Waals surface area contributed by atoms with Crippen molar-refractivity contribution >= 4 is 21.7 Å². The summed E-state index contributed by atoms with van der Waals surface area (Å²) in [7, 11) is -1.74. The number of hydrogen-bond donors (Lipinski definition) is 2. The molecule has 0 aromatic heterocycles. The Kier molecular flexibility index (Phi) is 7.57. The number of hydrogen-bond acceptors (Lipinski definition) is 4. The topological polar surface area (TPSA) is 83.0 Å². The molecule has 0 fully saturated rings. The summed E-state index contributed by atoms with van der Waals surface area (Å²) in [6.07, 6.45) is 1.59. The highest BCUT2D eigenvalue weighted by molar-refractivity contribution is 7.92. The molecule has 1 aliphatic rings. The van der Waals surface area contributed by atoms with Crippen molar-refractivity contribution in [3.8, 4) is 5.75 Å². The minimum absolute atomic E-state index is 0.0175. The van der Waals surface area contributed by atoms with Crippen LogP contribution in [0.3, 0.4) is 0 Å². The summed E-state index contributed by atoms with van der Waals surface area (Å²) in [5.41, 5.74) is 3.07. The average Bonchev–Trinajstić information content (AvgIpc) is 3.19. The third kappa shape index (κ3) is 5.66. The van der Waals surface area contributed by atoms with Gasteiger partial charge in [0, 0.05) is 19.6 Å². The van der Waals surface area contributed by atoms with Crippen LogP contribution >= 0.6 is 0 Å². The fraction of sp³-hybridized carbons (Fsp3) is 0.409. The number of anilines is 1. The Morgan fingerprint density at radius 3 is 2.63 bits per heavy atom. The number of ether oxygens (including phenoxy) is 1. The van der Waals surface area contributed by atoms with E-state index in [1.54, 1.807) is 7.11 Å². The van der Waals surface area contributed by atoms with Crippen LogP contribution in [0.2, 0.25) is 0 Å². The lowest BCUT2D eigenvalue weighted by Gasteiger charge is -2.19. The summed E-state index contributed by atoms with van der Waals surface area (Å²) in [5, 5.41) is 6.44. The van der Waals surface area contributed by atoms with Gasteiger partial charge in [-0.2, -0.15) is 0 Å². The average molecular weight is 431 g/mol. The van der Waals surface area contributed by atoms with Crippen LogP contribution in [0.25, 0.3) is 0 Å². The fourth-order valence-electron chi connectivity index (χ4n) is 3.44. The number of nitrogens with one attached hydrogen (secondary N) is 2. The van der Waals surface area contributed by atoms with Gasteiger partial charge >= 0.3 is 0 Å². The summed E-state index contributed by atoms with van der Waals surface area (Å²) in [5.74, 6) is 1.45. The molecule has 2 N–H and O–H groups in total. The second-order valence-corrected chi connectivity index (χ2v) is 9.07. The predicted molar refractivity (Wildman–Crippen MR) is 122 cm³/mol. The first-order chi connectivity index (χ1) is 14.5. The molecule has 0 atom stereocenters. The molecule has 0 spiro atoms. The Labute approximate surface area is 179 Å². The van der Waals surface area contributed by atoms with Crippen LogP contribution in [0.5, 0.6) is 5.75 Å². The van der Waals surface area contributed by atoms with Crippen molar-refractivity contribution in [1.82, 2.24) is 10.6 Å². The van der Waals surface area contributed by atoms with Gasteiger partial charge in [-0.3, -0.25) is 9.30 Å². The SMILES string of the molecule is CCNC(=NCCS(=O)(=O)N1CCc2ccccc21)NCCc1ccc(OC)cc1. The van der Waals surface area contributed by atoms with Gasteiger partial charge in [0.25, 0.3) is 0 Å². The number of methoxy groups -OCH3 is 1. The highest BCUT2D eigenvalue weighted by Gasteiger charge is 2.28. The molecule has 3 rings (SSSR count). The van der Waals surface area contributed by atoms with Crippen LogP contribution in [0, 0.1) is 0 Å². The number of nitrogens with zero attached hydrogens (tertiary/aromatic N) is 2. The van der Waals surface area contributed by atoms with Gasteiger partial charge in [0.2, 0.25) is 10.0 Å². The molecular formula is C22H30N4O3S. The van der Waals surface area contributed by atoms with Crippen LogP contribution in [0.15, 0.2) is 53.5 Å². The van der Waals surface area contributed by atoms with E-state index >= 15 is 0 Å². The number of aliphatic imine (C=N–C) groups is 1. The molecule has 162 valence electrons. The zero-order chi connectivity index (χ0) is 21.4. The zero-order valence-electron chi connectivity index (χ0n) is 17.6. The van der Waals surface area contributed by atoms with E-state index in [-0.39, 0.29) is 12.3 Å². The third-order valence-electron chi connectivity index (χ3n) is 5.01. The van der Waals surface area contributed by atoms with E-state index in [1.807, 2.05) is 55.5 Å². The fourth-order valence-corrected chi connectivity index (χ4v) is 4.83. The number of guanidine groups is 1. The lowest BCUT2D eigenvalue weighted by molar-refractivity contribution is 0.414. The molecule has 7 nitrogen and oxygen atoms in total. The maximum atomic E-state index is 12.8. The molecule has 1 aliphatic heterocycles. The standard InChI is InChI=1S/C22H30N4O3S/c1-3-23-22(24-14-12-18-8-10-20(29-2)11-9-18)25-15-17-30(27,28)26-16-13-19-6-4-5-7-21(19)26/h4-11H,3,12-17H2,1-2H3,(H2,23,24,25). The Balaban J connectivity index is 1.52. The van der Waals surface area contributed by atoms with Gasteiger partial charge in [0.1, 0.15) is 5.75 Å². The Bertz CT molecular complexity index is 959. The second kappa shape index (κ2) is 10.3. The smallest absolute Gasteiger partial charge is 0.237 e. The molecule has 1 heterocycles. The molecule has 8 heteroatoms.